The van der Waals surface area contributed by atoms with Gasteiger partial charge in [-0.25, -0.2) is 0 Å². The molecule has 0 saturated carbocycles. The van der Waals surface area contributed by atoms with Crippen molar-refractivity contribution in [1.82, 2.24) is 10.2 Å². The number of hydrogen-bond donors (Lipinski definition) is 2. The van der Waals surface area contributed by atoms with Crippen LogP contribution in [0.15, 0.2) is 60.8 Å². The quantitative estimate of drug-likeness (QED) is 0.765. The first-order chi connectivity index (χ1) is 11.7. The van der Waals surface area contributed by atoms with Gasteiger partial charge in [-0.2, -0.15) is 0 Å². The highest BCUT2D eigenvalue weighted by Crippen LogP contribution is 2.20. The Bertz CT molecular complexity index is 669. The number of fused-ring (bicyclic) bond motifs is 1. The molecule has 2 aromatic carbocycles. The normalized spacial score (nSPS) is 15.8. The van der Waals surface area contributed by atoms with Gasteiger partial charge in [-0.1, -0.05) is 54.6 Å². The van der Waals surface area contributed by atoms with E-state index in [1.165, 1.54) is 11.1 Å². The molecular formula is C21H26N2O. The van der Waals surface area contributed by atoms with Gasteiger partial charge in [-0.3, -0.25) is 0 Å². The Kier molecular flexibility index (Phi) is 5.68. The van der Waals surface area contributed by atoms with Crippen molar-refractivity contribution in [3.63, 3.8) is 0 Å². The van der Waals surface area contributed by atoms with Crippen LogP contribution in [0.2, 0.25) is 0 Å². The Morgan fingerprint density at radius 2 is 1.83 bits per heavy atom. The summed E-state index contributed by atoms with van der Waals surface area (Å²) in [5.74, 6) is 0. The lowest BCUT2D eigenvalue weighted by Crippen LogP contribution is -2.38. The monoisotopic (exact) mass is 322 g/mol. The minimum Gasteiger partial charge on any atom is -0.388 e. The Labute approximate surface area is 144 Å². The fourth-order valence-electron chi connectivity index (χ4n) is 3.08. The van der Waals surface area contributed by atoms with Crippen LogP contribution in [0, 0.1) is 0 Å². The van der Waals surface area contributed by atoms with Crippen LogP contribution in [-0.4, -0.2) is 29.1 Å². The van der Waals surface area contributed by atoms with E-state index in [0.29, 0.717) is 6.04 Å². The highest BCUT2D eigenvalue weighted by molar-refractivity contribution is 5.55. The van der Waals surface area contributed by atoms with Gasteiger partial charge in [0, 0.05) is 25.3 Å². The molecule has 3 rings (SSSR count). The molecule has 2 N–H and O–H groups in total. The van der Waals surface area contributed by atoms with Gasteiger partial charge < -0.3 is 15.3 Å². The van der Waals surface area contributed by atoms with Crippen LogP contribution >= 0.6 is 0 Å². The van der Waals surface area contributed by atoms with Gasteiger partial charge in [0.05, 0.1) is 6.10 Å². The Morgan fingerprint density at radius 1 is 1.08 bits per heavy atom. The molecule has 0 amide bonds. The molecule has 1 heterocycles. The number of aliphatic hydroxyl groups excluding tert-OH is 1. The average Bonchev–Trinajstić information content (AvgIpc) is 2.65. The summed E-state index contributed by atoms with van der Waals surface area (Å²) < 4.78 is 0. The summed E-state index contributed by atoms with van der Waals surface area (Å²) in [6.07, 6.45) is 4.72. The molecule has 1 aliphatic heterocycles. The molecule has 0 radical (unpaired) electrons. The molecule has 0 aliphatic carbocycles. The third-order valence-electron chi connectivity index (χ3n) is 4.64. The summed E-state index contributed by atoms with van der Waals surface area (Å²) in [7, 11) is 0. The molecule has 2 aromatic rings. The van der Waals surface area contributed by atoms with E-state index in [0.717, 1.165) is 31.6 Å². The van der Waals surface area contributed by atoms with Gasteiger partial charge in [-0.15, -0.1) is 0 Å². The summed E-state index contributed by atoms with van der Waals surface area (Å²) in [5, 5.41) is 13.7. The van der Waals surface area contributed by atoms with Crippen LogP contribution in [0.1, 0.15) is 36.1 Å². The highest BCUT2D eigenvalue weighted by atomic mass is 16.3. The van der Waals surface area contributed by atoms with Crippen molar-refractivity contribution in [2.45, 2.75) is 32.0 Å². The van der Waals surface area contributed by atoms with Gasteiger partial charge in [0.15, 0.2) is 0 Å². The molecule has 0 fully saturated rings. The van der Waals surface area contributed by atoms with E-state index in [4.69, 9.17) is 0 Å². The predicted octanol–water partition coefficient (Wildman–Crippen LogP) is 3.57. The van der Waals surface area contributed by atoms with Crippen molar-refractivity contribution in [3.8, 4) is 0 Å². The summed E-state index contributed by atoms with van der Waals surface area (Å²) in [5.41, 5.74) is 3.69. The second-order valence-electron chi connectivity index (χ2n) is 6.46. The number of aliphatic hydroxyl groups is 1. The van der Waals surface area contributed by atoms with Crippen LogP contribution in [0.4, 0.5) is 0 Å². The van der Waals surface area contributed by atoms with E-state index in [1.807, 2.05) is 30.3 Å². The van der Waals surface area contributed by atoms with Gasteiger partial charge in [0.2, 0.25) is 0 Å². The average molecular weight is 322 g/mol. The van der Waals surface area contributed by atoms with Crippen LogP contribution < -0.4 is 5.32 Å². The zero-order chi connectivity index (χ0) is 16.8. The molecule has 126 valence electrons. The van der Waals surface area contributed by atoms with Gasteiger partial charge in [-0.05, 0) is 42.7 Å². The Morgan fingerprint density at radius 3 is 2.67 bits per heavy atom. The van der Waals surface area contributed by atoms with Gasteiger partial charge in [0.25, 0.3) is 0 Å². The van der Waals surface area contributed by atoms with E-state index in [9.17, 15) is 5.11 Å². The van der Waals surface area contributed by atoms with E-state index < -0.39 is 6.10 Å². The SMILES string of the molecule is C[C@H](CNCC[C@@H](O)c1ccccc1)N1C=Cc2ccccc2C1. The highest BCUT2D eigenvalue weighted by Gasteiger charge is 2.15. The van der Waals surface area contributed by atoms with Gasteiger partial charge in [0.1, 0.15) is 0 Å². The molecule has 0 spiro atoms. The number of benzene rings is 2. The lowest BCUT2D eigenvalue weighted by molar-refractivity contribution is 0.165. The Balaban J connectivity index is 1.41. The van der Waals surface area contributed by atoms with Crippen molar-refractivity contribution in [2.24, 2.45) is 0 Å². The standard InChI is InChI=1S/C21H26N2O/c1-17(23-14-12-18-7-5-6-10-20(18)16-23)15-22-13-11-21(24)19-8-3-2-4-9-19/h2-10,12,14,17,21-22,24H,11,13,15-16H2,1H3/t17-,21-/m1/s1. The van der Waals surface area contributed by atoms with Crippen LogP contribution in [0.25, 0.3) is 6.08 Å². The van der Waals surface area contributed by atoms with Crippen LogP contribution in [0.5, 0.6) is 0 Å². The molecule has 0 bridgehead atoms. The molecular weight excluding hydrogens is 296 g/mol. The van der Waals surface area contributed by atoms with Crippen LogP contribution in [0.3, 0.4) is 0 Å². The maximum atomic E-state index is 10.2. The molecule has 3 heteroatoms. The first-order valence-electron chi connectivity index (χ1n) is 8.69. The van der Waals surface area contributed by atoms with Gasteiger partial charge >= 0.3 is 0 Å². The van der Waals surface area contributed by atoms with E-state index >= 15 is 0 Å². The molecule has 2 atom stereocenters. The molecule has 0 unspecified atom stereocenters. The fraction of sp³-hybridized carbons (Fsp3) is 0.333. The van der Waals surface area contributed by atoms with Crippen molar-refractivity contribution in [3.05, 3.63) is 77.5 Å². The minimum atomic E-state index is -0.393. The topological polar surface area (TPSA) is 35.5 Å². The van der Waals surface area contributed by atoms with Crippen molar-refractivity contribution in [1.29, 1.82) is 0 Å². The minimum absolute atomic E-state index is 0.393. The second kappa shape index (κ2) is 8.13. The lowest BCUT2D eigenvalue weighted by Gasteiger charge is -2.31. The lowest BCUT2D eigenvalue weighted by atomic mass is 10.0. The van der Waals surface area contributed by atoms with E-state index in [-0.39, 0.29) is 0 Å². The smallest absolute Gasteiger partial charge is 0.0802 e. The number of nitrogens with zero attached hydrogens (tertiary/aromatic N) is 1. The molecule has 0 aromatic heterocycles. The largest absolute Gasteiger partial charge is 0.388 e. The summed E-state index contributed by atoms with van der Waals surface area (Å²) in [4.78, 5) is 2.36. The van der Waals surface area contributed by atoms with Crippen LogP contribution in [-0.2, 0) is 6.54 Å². The number of rotatable bonds is 7. The zero-order valence-corrected chi connectivity index (χ0v) is 14.2. The van der Waals surface area contributed by atoms with Crippen molar-refractivity contribution >= 4 is 6.08 Å². The maximum absolute atomic E-state index is 10.2. The fourth-order valence-corrected chi connectivity index (χ4v) is 3.08. The molecule has 24 heavy (non-hydrogen) atoms. The van der Waals surface area contributed by atoms with E-state index in [1.54, 1.807) is 0 Å². The molecule has 1 aliphatic rings. The zero-order valence-electron chi connectivity index (χ0n) is 14.2. The summed E-state index contributed by atoms with van der Waals surface area (Å²) in [6.45, 7) is 4.92. The summed E-state index contributed by atoms with van der Waals surface area (Å²) in [6, 6.07) is 18.8. The summed E-state index contributed by atoms with van der Waals surface area (Å²) >= 11 is 0. The predicted molar refractivity (Wildman–Crippen MR) is 99.4 cm³/mol. The third-order valence-corrected chi connectivity index (χ3v) is 4.64. The number of hydrogen-bond acceptors (Lipinski definition) is 3. The second-order valence-corrected chi connectivity index (χ2v) is 6.46. The maximum Gasteiger partial charge on any atom is 0.0802 e. The first kappa shape index (κ1) is 16.7. The van der Waals surface area contributed by atoms with Crippen molar-refractivity contribution in [2.75, 3.05) is 13.1 Å². The molecule has 3 nitrogen and oxygen atoms in total. The third kappa shape index (κ3) is 4.25. The number of nitrogens with one attached hydrogen (secondary N) is 1. The molecule has 0 saturated heterocycles. The van der Waals surface area contributed by atoms with E-state index in [2.05, 4.69) is 53.7 Å². The first-order valence-corrected chi connectivity index (χ1v) is 8.69. The Hall–Kier alpha value is -2.10. The van der Waals surface area contributed by atoms with Crippen molar-refractivity contribution < 1.29 is 5.11 Å².